The van der Waals surface area contributed by atoms with Crippen LogP contribution in [0.25, 0.3) is 0 Å². The van der Waals surface area contributed by atoms with Crippen LogP contribution in [0.15, 0.2) is 46.7 Å². The summed E-state index contributed by atoms with van der Waals surface area (Å²) in [5.41, 5.74) is 1.18. The molecule has 29 heavy (non-hydrogen) atoms. The molecule has 0 spiro atoms. The van der Waals surface area contributed by atoms with Crippen molar-refractivity contribution in [3.63, 3.8) is 0 Å². The first-order valence-electron chi connectivity index (χ1n) is 11.8. The van der Waals surface area contributed by atoms with Crippen molar-refractivity contribution in [2.75, 3.05) is 14.1 Å². The Bertz CT molecular complexity index is 548. The normalized spacial score (nSPS) is 17.3. The van der Waals surface area contributed by atoms with Gasteiger partial charge >= 0.3 is 0 Å². The van der Waals surface area contributed by atoms with Crippen LogP contribution in [-0.2, 0) is 0 Å². The Kier molecular flexibility index (Phi) is 15.3. The van der Waals surface area contributed by atoms with Gasteiger partial charge in [0.2, 0.25) is 0 Å². The number of allylic oxidation sites excluding steroid dienone is 5. The summed E-state index contributed by atoms with van der Waals surface area (Å²) in [4.78, 5) is 2.14. The Morgan fingerprint density at radius 3 is 2.31 bits per heavy atom. The summed E-state index contributed by atoms with van der Waals surface area (Å²) < 4.78 is 0. The molecule has 0 aromatic rings. The summed E-state index contributed by atoms with van der Waals surface area (Å²) >= 11 is 0. The molecule has 0 aromatic carbocycles. The Balaban J connectivity index is 0.00000379. The highest BCUT2D eigenvalue weighted by Crippen LogP contribution is 2.45. The molecule has 0 bridgehead atoms. The van der Waals surface area contributed by atoms with E-state index in [1.807, 2.05) is 13.8 Å². The topological polar surface area (TPSA) is 28.0 Å². The maximum atomic E-state index is 4.67. The van der Waals surface area contributed by atoms with Crippen LogP contribution < -0.4 is 0 Å². The molecule has 1 unspecified atom stereocenters. The number of hydrogen-bond acceptors (Lipinski definition) is 2. The molecule has 1 aliphatic rings. The molecule has 0 radical (unpaired) electrons. The van der Waals surface area contributed by atoms with E-state index < -0.39 is 0 Å². The van der Waals surface area contributed by atoms with Gasteiger partial charge in [-0.05, 0) is 44.6 Å². The van der Waals surface area contributed by atoms with Crippen LogP contribution in [0, 0.1) is 11.3 Å². The highest BCUT2D eigenvalue weighted by molar-refractivity contribution is 5.85. The quantitative estimate of drug-likeness (QED) is 0.0818. The second-order valence-electron chi connectivity index (χ2n) is 7.94. The highest BCUT2D eigenvalue weighted by atomic mass is 15.3. The van der Waals surface area contributed by atoms with Gasteiger partial charge in [0.05, 0.1) is 0 Å². The van der Waals surface area contributed by atoms with E-state index >= 15 is 0 Å². The molecule has 0 heterocycles. The van der Waals surface area contributed by atoms with E-state index in [1.165, 1.54) is 37.7 Å². The first kappa shape index (κ1) is 27.4. The fourth-order valence-corrected chi connectivity index (χ4v) is 3.57. The molecule has 0 amide bonds. The largest absolute Gasteiger partial charge is 0.364 e. The van der Waals surface area contributed by atoms with Crippen molar-refractivity contribution in [2.45, 2.75) is 92.4 Å². The highest BCUT2D eigenvalue weighted by Gasteiger charge is 2.37. The smallest absolute Gasteiger partial charge is 0.130 e. The molecule has 0 aromatic heterocycles. The number of rotatable bonds is 12. The third-order valence-electron chi connectivity index (χ3n) is 5.65. The van der Waals surface area contributed by atoms with Crippen molar-refractivity contribution in [1.29, 1.82) is 0 Å². The van der Waals surface area contributed by atoms with Crippen LogP contribution in [0.2, 0.25) is 0 Å². The number of amidine groups is 1. The van der Waals surface area contributed by atoms with Crippen molar-refractivity contribution in [3.05, 3.63) is 36.5 Å². The van der Waals surface area contributed by atoms with Crippen LogP contribution in [0.3, 0.4) is 0 Å². The summed E-state index contributed by atoms with van der Waals surface area (Å²) in [6, 6.07) is 0. The van der Waals surface area contributed by atoms with Gasteiger partial charge in [0.25, 0.3) is 0 Å². The average Bonchev–Trinajstić information content (AvgIpc) is 2.69. The summed E-state index contributed by atoms with van der Waals surface area (Å²) in [6.07, 6.45) is 21.2. The fourth-order valence-electron chi connectivity index (χ4n) is 3.57. The van der Waals surface area contributed by atoms with E-state index in [1.54, 1.807) is 0 Å². The lowest BCUT2D eigenvalue weighted by atomic mass is 9.65. The van der Waals surface area contributed by atoms with E-state index in [0.717, 1.165) is 31.5 Å². The van der Waals surface area contributed by atoms with Crippen LogP contribution in [0.4, 0.5) is 0 Å². The van der Waals surface area contributed by atoms with Crippen LogP contribution in [0.1, 0.15) is 92.4 Å². The van der Waals surface area contributed by atoms with Crippen LogP contribution >= 0.6 is 0 Å². The minimum Gasteiger partial charge on any atom is -0.364 e. The Labute approximate surface area is 181 Å². The summed E-state index contributed by atoms with van der Waals surface area (Å²) in [7, 11) is 4.16. The zero-order chi connectivity index (χ0) is 22.1. The number of unbranched alkanes of at least 4 members (excludes halogenated alkanes) is 2. The molecular weight excluding hydrogens is 354 g/mol. The van der Waals surface area contributed by atoms with E-state index in [0.29, 0.717) is 5.92 Å². The SMILES string of the molecule is C=C(C=CC/C=C\C)C1(/C=N/N=C(/C(CC)CCCCC)N(C)C)CCC1.CC. The lowest BCUT2D eigenvalue weighted by Gasteiger charge is -2.39. The second-order valence-corrected chi connectivity index (χ2v) is 7.94. The third-order valence-corrected chi connectivity index (χ3v) is 5.65. The Morgan fingerprint density at radius 1 is 1.14 bits per heavy atom. The van der Waals surface area contributed by atoms with Gasteiger partial charge in [-0.2, -0.15) is 5.10 Å². The molecule has 0 N–H and O–H groups in total. The first-order valence-corrected chi connectivity index (χ1v) is 11.8. The van der Waals surface area contributed by atoms with Crippen molar-refractivity contribution < 1.29 is 0 Å². The van der Waals surface area contributed by atoms with Crippen molar-refractivity contribution in [2.24, 2.45) is 21.5 Å². The predicted octanol–water partition coefficient (Wildman–Crippen LogP) is 7.81. The Morgan fingerprint density at radius 2 is 1.83 bits per heavy atom. The van der Waals surface area contributed by atoms with Crippen molar-refractivity contribution in [1.82, 2.24) is 4.90 Å². The van der Waals surface area contributed by atoms with Gasteiger partial charge in [-0.25, -0.2) is 0 Å². The molecule has 3 heteroatoms. The molecular formula is C26H47N3. The molecule has 1 fully saturated rings. The van der Waals surface area contributed by atoms with Crippen LogP contribution in [0.5, 0.6) is 0 Å². The molecule has 3 nitrogen and oxygen atoms in total. The minimum absolute atomic E-state index is 0.0112. The average molecular weight is 402 g/mol. The molecule has 1 saturated carbocycles. The minimum atomic E-state index is 0.0112. The molecule has 1 rings (SSSR count). The van der Waals surface area contributed by atoms with Gasteiger partial charge in [0.15, 0.2) is 0 Å². The van der Waals surface area contributed by atoms with Gasteiger partial charge < -0.3 is 4.90 Å². The van der Waals surface area contributed by atoms with Gasteiger partial charge in [-0.15, -0.1) is 5.10 Å². The maximum Gasteiger partial charge on any atom is 0.130 e. The maximum absolute atomic E-state index is 4.67. The van der Waals surface area contributed by atoms with E-state index in [2.05, 4.69) is 87.1 Å². The van der Waals surface area contributed by atoms with Crippen molar-refractivity contribution >= 4 is 12.1 Å². The van der Waals surface area contributed by atoms with Crippen LogP contribution in [-0.4, -0.2) is 31.0 Å². The number of hydrogen-bond donors (Lipinski definition) is 0. The van der Waals surface area contributed by atoms with Gasteiger partial charge in [0, 0.05) is 31.6 Å². The van der Waals surface area contributed by atoms with Gasteiger partial charge in [-0.1, -0.05) is 84.3 Å². The summed E-state index contributed by atoms with van der Waals surface area (Å²) in [6.45, 7) is 14.9. The fraction of sp³-hybridized carbons (Fsp3) is 0.692. The molecule has 0 saturated heterocycles. The Hall–Kier alpha value is -1.64. The molecule has 1 aliphatic carbocycles. The number of nitrogens with zero attached hydrogens (tertiary/aromatic N) is 3. The lowest BCUT2D eigenvalue weighted by molar-refractivity contribution is 0.299. The zero-order valence-electron chi connectivity index (χ0n) is 20.4. The molecule has 1 atom stereocenters. The zero-order valence-corrected chi connectivity index (χ0v) is 20.4. The van der Waals surface area contributed by atoms with Gasteiger partial charge in [0.1, 0.15) is 5.84 Å². The van der Waals surface area contributed by atoms with E-state index in [9.17, 15) is 0 Å². The predicted molar refractivity (Wildman–Crippen MR) is 133 cm³/mol. The monoisotopic (exact) mass is 401 g/mol. The van der Waals surface area contributed by atoms with Crippen molar-refractivity contribution in [3.8, 4) is 0 Å². The summed E-state index contributed by atoms with van der Waals surface area (Å²) in [5, 5.41) is 9.23. The lowest BCUT2D eigenvalue weighted by Crippen LogP contribution is -2.32. The second kappa shape index (κ2) is 16.2. The summed E-state index contributed by atoms with van der Waals surface area (Å²) in [5.74, 6) is 1.60. The van der Waals surface area contributed by atoms with Gasteiger partial charge in [-0.3, -0.25) is 0 Å². The standard InChI is InChI=1S/C24H41N3.C2H6/c1-7-10-12-14-16-21(4)24(18-15-19-24)20-25-26-23(27(5)6)22(9-3)17-13-11-8-2;1-2/h7,10,14,16,20,22H,4,8-9,11-13,15,17-19H2,1-3,5-6H3;1-2H3/b10-7-,16-14?,25-20+,26-23-;. The van der Waals surface area contributed by atoms with E-state index in [-0.39, 0.29) is 5.41 Å². The third kappa shape index (κ3) is 9.60. The molecule has 0 aliphatic heterocycles. The molecule has 166 valence electrons. The van der Waals surface area contributed by atoms with E-state index in [4.69, 9.17) is 0 Å². The first-order chi connectivity index (χ1) is 14.0.